The van der Waals surface area contributed by atoms with E-state index in [0.717, 1.165) is 29.3 Å². The number of aliphatic hydroxyl groups excluding tert-OH is 1. The highest BCUT2D eigenvalue weighted by atomic mass is 16.3. The van der Waals surface area contributed by atoms with Gasteiger partial charge in [0.05, 0.1) is 11.6 Å². The fraction of sp³-hybridized carbons (Fsp3) is 0.400. The summed E-state index contributed by atoms with van der Waals surface area (Å²) in [7, 11) is 0. The molecule has 1 aliphatic rings. The van der Waals surface area contributed by atoms with Gasteiger partial charge in [0.1, 0.15) is 0 Å². The second-order valence-electron chi connectivity index (χ2n) is 4.91. The van der Waals surface area contributed by atoms with E-state index in [2.05, 4.69) is 4.98 Å². The molecule has 17 heavy (non-hydrogen) atoms. The standard InChI is InChI=1S/C15H17NO/c17-15(12-5-1-2-6-12)13-9-3-7-11-8-4-10-16-14(11)13/h3-4,7-10,12,15,17H,1-2,5-6H2. The second-order valence-corrected chi connectivity index (χ2v) is 4.91. The van der Waals surface area contributed by atoms with E-state index in [1.807, 2.05) is 30.3 Å². The number of hydrogen-bond donors (Lipinski definition) is 1. The molecule has 0 aliphatic heterocycles. The van der Waals surface area contributed by atoms with Gasteiger partial charge in [-0.15, -0.1) is 0 Å². The highest BCUT2D eigenvalue weighted by Crippen LogP contribution is 2.37. The Hall–Kier alpha value is -1.41. The van der Waals surface area contributed by atoms with E-state index in [-0.39, 0.29) is 6.10 Å². The molecule has 2 nitrogen and oxygen atoms in total. The Bertz CT molecular complexity index is 512. The third-order valence-corrected chi connectivity index (χ3v) is 3.83. The number of fused-ring (bicyclic) bond motifs is 1. The van der Waals surface area contributed by atoms with Crippen LogP contribution in [0.5, 0.6) is 0 Å². The number of nitrogens with zero attached hydrogens (tertiary/aromatic N) is 1. The largest absolute Gasteiger partial charge is 0.388 e. The normalized spacial score (nSPS) is 18.6. The molecule has 0 saturated heterocycles. The Morgan fingerprint density at radius 1 is 1.12 bits per heavy atom. The molecule has 2 aromatic rings. The van der Waals surface area contributed by atoms with Gasteiger partial charge in [0, 0.05) is 17.1 Å². The first-order valence-electron chi connectivity index (χ1n) is 6.38. The van der Waals surface area contributed by atoms with Crippen LogP contribution in [0.25, 0.3) is 10.9 Å². The number of rotatable bonds is 2. The first-order valence-corrected chi connectivity index (χ1v) is 6.38. The SMILES string of the molecule is OC(c1cccc2cccnc12)C1CCCC1. The van der Waals surface area contributed by atoms with E-state index in [1.165, 1.54) is 12.8 Å². The zero-order valence-corrected chi connectivity index (χ0v) is 9.84. The van der Waals surface area contributed by atoms with Crippen molar-refractivity contribution in [1.82, 2.24) is 4.98 Å². The molecule has 1 N–H and O–H groups in total. The fourth-order valence-electron chi connectivity index (χ4n) is 2.89. The molecule has 0 amide bonds. The molecule has 88 valence electrons. The number of para-hydroxylation sites is 1. The number of pyridine rings is 1. The molecule has 1 aliphatic carbocycles. The third-order valence-electron chi connectivity index (χ3n) is 3.83. The van der Waals surface area contributed by atoms with Crippen molar-refractivity contribution < 1.29 is 5.11 Å². The molecule has 1 fully saturated rings. The lowest BCUT2D eigenvalue weighted by molar-refractivity contribution is 0.113. The molecule has 1 unspecified atom stereocenters. The van der Waals surface area contributed by atoms with Gasteiger partial charge >= 0.3 is 0 Å². The summed E-state index contributed by atoms with van der Waals surface area (Å²) < 4.78 is 0. The topological polar surface area (TPSA) is 33.1 Å². The minimum Gasteiger partial charge on any atom is -0.388 e. The van der Waals surface area contributed by atoms with Crippen molar-refractivity contribution in [3.63, 3.8) is 0 Å². The van der Waals surface area contributed by atoms with E-state index < -0.39 is 0 Å². The van der Waals surface area contributed by atoms with Crippen LogP contribution in [-0.2, 0) is 0 Å². The first kappa shape index (κ1) is 10.7. The summed E-state index contributed by atoms with van der Waals surface area (Å²) in [6.45, 7) is 0. The maximum absolute atomic E-state index is 10.5. The van der Waals surface area contributed by atoms with Crippen molar-refractivity contribution >= 4 is 10.9 Å². The molecule has 1 aromatic carbocycles. The van der Waals surface area contributed by atoms with Crippen molar-refractivity contribution in [3.05, 3.63) is 42.1 Å². The summed E-state index contributed by atoms with van der Waals surface area (Å²) in [6.07, 6.45) is 6.23. The van der Waals surface area contributed by atoms with Gasteiger partial charge in [-0.2, -0.15) is 0 Å². The molecule has 3 rings (SSSR count). The molecular formula is C15H17NO. The fourth-order valence-corrected chi connectivity index (χ4v) is 2.89. The van der Waals surface area contributed by atoms with Crippen LogP contribution in [0.4, 0.5) is 0 Å². The van der Waals surface area contributed by atoms with Crippen LogP contribution in [0.2, 0.25) is 0 Å². The monoisotopic (exact) mass is 227 g/mol. The smallest absolute Gasteiger partial charge is 0.0839 e. The predicted molar refractivity (Wildman–Crippen MR) is 68.7 cm³/mol. The van der Waals surface area contributed by atoms with E-state index in [1.54, 1.807) is 6.20 Å². The lowest BCUT2D eigenvalue weighted by atomic mass is 9.93. The number of aliphatic hydroxyl groups is 1. The minimum atomic E-state index is -0.351. The first-order chi connectivity index (χ1) is 8.36. The van der Waals surface area contributed by atoms with Crippen molar-refractivity contribution in [1.29, 1.82) is 0 Å². The Morgan fingerprint density at radius 2 is 1.88 bits per heavy atom. The van der Waals surface area contributed by atoms with E-state index in [0.29, 0.717) is 5.92 Å². The van der Waals surface area contributed by atoms with Gasteiger partial charge in [0.2, 0.25) is 0 Å². The zero-order valence-electron chi connectivity index (χ0n) is 9.84. The molecule has 1 heterocycles. The summed E-state index contributed by atoms with van der Waals surface area (Å²) >= 11 is 0. The summed E-state index contributed by atoms with van der Waals surface area (Å²) in [5.74, 6) is 0.419. The Kier molecular flexibility index (Phi) is 2.81. The van der Waals surface area contributed by atoms with Crippen LogP contribution in [0, 0.1) is 5.92 Å². The lowest BCUT2D eigenvalue weighted by Gasteiger charge is -2.19. The van der Waals surface area contributed by atoms with Crippen molar-refractivity contribution in [2.75, 3.05) is 0 Å². The van der Waals surface area contributed by atoms with Gasteiger partial charge in [-0.25, -0.2) is 0 Å². The molecular weight excluding hydrogens is 210 g/mol. The lowest BCUT2D eigenvalue weighted by Crippen LogP contribution is -2.09. The van der Waals surface area contributed by atoms with Gasteiger partial charge in [-0.05, 0) is 24.8 Å². The third kappa shape index (κ3) is 1.93. The van der Waals surface area contributed by atoms with Crippen LogP contribution in [-0.4, -0.2) is 10.1 Å². The van der Waals surface area contributed by atoms with Crippen LogP contribution >= 0.6 is 0 Å². The Labute approximate surface area is 101 Å². The minimum absolute atomic E-state index is 0.351. The highest BCUT2D eigenvalue weighted by molar-refractivity contribution is 5.81. The van der Waals surface area contributed by atoms with Gasteiger partial charge in [0.25, 0.3) is 0 Å². The van der Waals surface area contributed by atoms with E-state index in [9.17, 15) is 5.11 Å². The van der Waals surface area contributed by atoms with E-state index >= 15 is 0 Å². The average Bonchev–Trinajstić information content (AvgIpc) is 2.91. The van der Waals surface area contributed by atoms with Crippen LogP contribution in [0.1, 0.15) is 37.4 Å². The van der Waals surface area contributed by atoms with E-state index in [4.69, 9.17) is 0 Å². The molecule has 0 radical (unpaired) electrons. The van der Waals surface area contributed by atoms with Crippen LogP contribution < -0.4 is 0 Å². The predicted octanol–water partition coefficient (Wildman–Crippen LogP) is 3.46. The van der Waals surface area contributed by atoms with Crippen LogP contribution in [0.3, 0.4) is 0 Å². The summed E-state index contributed by atoms with van der Waals surface area (Å²) in [6, 6.07) is 10.1. The Balaban J connectivity index is 2.04. The maximum atomic E-state index is 10.5. The van der Waals surface area contributed by atoms with Crippen molar-refractivity contribution in [3.8, 4) is 0 Å². The van der Waals surface area contributed by atoms with Gasteiger partial charge in [-0.1, -0.05) is 37.1 Å². The van der Waals surface area contributed by atoms with Gasteiger partial charge < -0.3 is 5.11 Å². The number of hydrogen-bond acceptors (Lipinski definition) is 2. The van der Waals surface area contributed by atoms with Crippen molar-refractivity contribution in [2.24, 2.45) is 5.92 Å². The van der Waals surface area contributed by atoms with Crippen molar-refractivity contribution in [2.45, 2.75) is 31.8 Å². The summed E-state index contributed by atoms with van der Waals surface area (Å²) in [5.41, 5.74) is 1.95. The average molecular weight is 227 g/mol. The molecule has 0 bridgehead atoms. The second kappa shape index (κ2) is 4.46. The number of benzene rings is 1. The summed E-state index contributed by atoms with van der Waals surface area (Å²) in [5, 5.41) is 11.6. The molecule has 0 spiro atoms. The van der Waals surface area contributed by atoms with Crippen LogP contribution in [0.15, 0.2) is 36.5 Å². The molecule has 1 aromatic heterocycles. The quantitative estimate of drug-likeness (QED) is 0.852. The molecule has 2 heteroatoms. The van der Waals surface area contributed by atoms with Gasteiger partial charge in [0.15, 0.2) is 0 Å². The van der Waals surface area contributed by atoms with Gasteiger partial charge in [-0.3, -0.25) is 4.98 Å². The maximum Gasteiger partial charge on any atom is 0.0839 e. The Morgan fingerprint density at radius 3 is 2.71 bits per heavy atom. The summed E-state index contributed by atoms with van der Waals surface area (Å²) in [4.78, 5) is 4.41. The zero-order chi connectivity index (χ0) is 11.7. The molecule has 1 saturated carbocycles. The highest BCUT2D eigenvalue weighted by Gasteiger charge is 2.25. The molecule has 1 atom stereocenters. The number of aromatic nitrogens is 1.